The number of rotatable bonds is 5. The Morgan fingerprint density at radius 2 is 1.42 bits per heavy atom. The van der Waals surface area contributed by atoms with Crippen molar-refractivity contribution in [3.8, 4) is 0 Å². The minimum Gasteiger partial charge on any atom is -0.454 e. The van der Waals surface area contributed by atoms with Crippen LogP contribution in [0, 0.1) is 17.3 Å². The Bertz CT molecular complexity index is 946. The molecule has 7 unspecified atom stereocenters. The predicted octanol–water partition coefficient (Wildman–Crippen LogP) is 5.57. The number of hydrogen-bond donors (Lipinski definition) is 0. The molecule has 3 aliphatic carbocycles. The van der Waals surface area contributed by atoms with E-state index in [0.29, 0.717) is 17.0 Å². The monoisotopic (exact) mass is 438 g/mol. The van der Waals surface area contributed by atoms with E-state index in [4.69, 9.17) is 9.47 Å². The predicted molar refractivity (Wildman–Crippen MR) is 124 cm³/mol. The Morgan fingerprint density at radius 1 is 0.903 bits per heavy atom. The number of hydrogen-bond acceptors (Lipinski definition) is 4. The fourth-order valence-corrected chi connectivity index (χ4v) is 7.49. The first-order valence-corrected chi connectivity index (χ1v) is 12.5. The van der Waals surface area contributed by atoms with Crippen molar-refractivity contribution in [3.63, 3.8) is 0 Å². The first kappa shape index (κ1) is 22.0. The Morgan fingerprint density at radius 3 is 1.94 bits per heavy atom. The lowest BCUT2D eigenvalue weighted by Crippen LogP contribution is -2.67. The van der Waals surface area contributed by atoms with Crippen molar-refractivity contribution in [2.75, 3.05) is 6.66 Å². The SMILES string of the molecule is CPC1(C)CC2(C)CC(C)C1C(OC(=O)c1ccccc1)C2OC(=O)c1ccccc1. The van der Waals surface area contributed by atoms with Gasteiger partial charge in [-0.1, -0.05) is 57.2 Å². The molecular formula is C26H31O4P. The first-order chi connectivity index (χ1) is 14.8. The lowest BCUT2D eigenvalue weighted by molar-refractivity contribution is -0.186. The van der Waals surface area contributed by atoms with Crippen LogP contribution < -0.4 is 0 Å². The zero-order chi connectivity index (χ0) is 22.2. The highest BCUT2D eigenvalue weighted by atomic mass is 31.1. The number of ether oxygens (including phenoxy) is 2. The second kappa shape index (κ2) is 8.39. The smallest absolute Gasteiger partial charge is 0.338 e. The molecule has 0 N–H and O–H groups in total. The molecule has 0 radical (unpaired) electrons. The van der Waals surface area contributed by atoms with E-state index < -0.39 is 12.2 Å². The third-order valence-electron chi connectivity index (χ3n) is 7.31. The lowest BCUT2D eigenvalue weighted by atomic mass is 9.50. The molecule has 7 atom stereocenters. The van der Waals surface area contributed by atoms with Gasteiger partial charge < -0.3 is 9.47 Å². The van der Waals surface area contributed by atoms with Crippen LogP contribution in [0.25, 0.3) is 0 Å². The molecule has 3 saturated carbocycles. The topological polar surface area (TPSA) is 52.6 Å². The van der Waals surface area contributed by atoms with Gasteiger partial charge in [-0.3, -0.25) is 0 Å². The Balaban J connectivity index is 1.69. The Hall–Kier alpha value is -2.19. The van der Waals surface area contributed by atoms with Crippen LogP contribution in [-0.2, 0) is 9.47 Å². The highest BCUT2D eigenvalue weighted by Crippen LogP contribution is 2.64. The minimum atomic E-state index is -0.460. The van der Waals surface area contributed by atoms with E-state index in [1.807, 2.05) is 36.4 Å². The number of fused-ring (bicyclic) bond motifs is 3. The first-order valence-electron chi connectivity index (χ1n) is 11.0. The fourth-order valence-electron chi connectivity index (χ4n) is 6.13. The maximum Gasteiger partial charge on any atom is 0.338 e. The van der Waals surface area contributed by atoms with Crippen molar-refractivity contribution in [3.05, 3.63) is 71.8 Å². The Labute approximate surface area is 186 Å². The van der Waals surface area contributed by atoms with E-state index in [9.17, 15) is 9.59 Å². The van der Waals surface area contributed by atoms with Gasteiger partial charge in [0.15, 0.2) is 0 Å². The summed E-state index contributed by atoms with van der Waals surface area (Å²) < 4.78 is 12.3. The maximum atomic E-state index is 13.0. The van der Waals surface area contributed by atoms with Crippen LogP contribution in [0.5, 0.6) is 0 Å². The van der Waals surface area contributed by atoms with Crippen molar-refractivity contribution in [2.45, 2.75) is 51.0 Å². The molecule has 0 aliphatic heterocycles. The van der Waals surface area contributed by atoms with Gasteiger partial charge in [-0.25, -0.2) is 9.59 Å². The quantitative estimate of drug-likeness (QED) is 0.452. The summed E-state index contributed by atoms with van der Waals surface area (Å²) in [4.78, 5) is 26.0. The molecule has 2 aromatic rings. The van der Waals surface area contributed by atoms with Gasteiger partial charge in [0.05, 0.1) is 11.1 Å². The van der Waals surface area contributed by atoms with Gasteiger partial charge in [-0.15, -0.1) is 8.58 Å². The van der Waals surface area contributed by atoms with Crippen molar-refractivity contribution < 1.29 is 19.1 Å². The summed E-state index contributed by atoms with van der Waals surface area (Å²) in [6.45, 7) is 8.99. The molecule has 2 bridgehead atoms. The highest BCUT2D eigenvalue weighted by Gasteiger charge is 2.64. The molecule has 0 heterocycles. The molecule has 0 spiro atoms. The molecule has 0 amide bonds. The molecule has 31 heavy (non-hydrogen) atoms. The minimum absolute atomic E-state index is 0.0592. The third kappa shape index (κ3) is 4.03. The normalized spacial score (nSPS) is 34.6. The van der Waals surface area contributed by atoms with Crippen LogP contribution >= 0.6 is 8.58 Å². The van der Waals surface area contributed by atoms with Crippen molar-refractivity contribution in [1.29, 1.82) is 0 Å². The largest absolute Gasteiger partial charge is 0.454 e. The lowest BCUT2D eigenvalue weighted by Gasteiger charge is -2.63. The Kier molecular flexibility index (Phi) is 5.96. The summed E-state index contributed by atoms with van der Waals surface area (Å²) in [6.07, 6.45) is 1.01. The van der Waals surface area contributed by atoms with Crippen LogP contribution in [-0.4, -0.2) is 36.0 Å². The summed E-state index contributed by atoms with van der Waals surface area (Å²) in [7, 11) is 0.720. The molecule has 3 aliphatic rings. The zero-order valence-corrected chi connectivity index (χ0v) is 19.6. The van der Waals surface area contributed by atoms with Gasteiger partial charge in [0.25, 0.3) is 0 Å². The van der Waals surface area contributed by atoms with Crippen LogP contribution in [0.15, 0.2) is 60.7 Å². The van der Waals surface area contributed by atoms with E-state index in [0.717, 1.165) is 21.4 Å². The van der Waals surface area contributed by atoms with Gasteiger partial charge in [0.1, 0.15) is 12.2 Å². The van der Waals surface area contributed by atoms with Crippen LogP contribution in [0.1, 0.15) is 54.3 Å². The summed E-state index contributed by atoms with van der Waals surface area (Å²) in [5, 5.41) is 0.0592. The molecule has 0 aromatic heterocycles. The van der Waals surface area contributed by atoms with Crippen LogP contribution in [0.2, 0.25) is 0 Å². The second-order valence-electron chi connectivity index (χ2n) is 9.63. The fraction of sp³-hybridized carbons (Fsp3) is 0.462. The summed E-state index contributed by atoms with van der Waals surface area (Å²) >= 11 is 0. The van der Waals surface area contributed by atoms with E-state index >= 15 is 0 Å². The molecule has 164 valence electrons. The van der Waals surface area contributed by atoms with Crippen molar-refractivity contribution in [1.82, 2.24) is 0 Å². The number of carbonyl (C=O) groups is 2. The van der Waals surface area contributed by atoms with Gasteiger partial charge in [-0.2, -0.15) is 0 Å². The molecule has 0 saturated heterocycles. The number of benzene rings is 2. The summed E-state index contributed by atoms with van der Waals surface area (Å²) in [5.41, 5.74) is 0.808. The van der Waals surface area contributed by atoms with Crippen molar-refractivity contribution >= 4 is 20.5 Å². The van der Waals surface area contributed by atoms with Gasteiger partial charge in [0.2, 0.25) is 0 Å². The van der Waals surface area contributed by atoms with Crippen LogP contribution in [0.4, 0.5) is 0 Å². The van der Waals surface area contributed by atoms with E-state index in [1.54, 1.807) is 24.3 Å². The molecule has 5 rings (SSSR count). The van der Waals surface area contributed by atoms with Gasteiger partial charge >= 0.3 is 11.9 Å². The molecular weight excluding hydrogens is 407 g/mol. The number of carbonyl (C=O) groups excluding carboxylic acids is 2. The third-order valence-corrected chi connectivity index (χ3v) is 8.97. The maximum absolute atomic E-state index is 13.0. The zero-order valence-electron chi connectivity index (χ0n) is 18.6. The summed E-state index contributed by atoms with van der Waals surface area (Å²) in [5.74, 6) is -0.166. The summed E-state index contributed by atoms with van der Waals surface area (Å²) in [6, 6.07) is 18.1. The average Bonchev–Trinajstić information content (AvgIpc) is 2.76. The standard InChI is InChI=1S/C26H31O4P/c1-17-15-25(2)16-26(3,31-4)20(17)21(29-23(27)18-11-7-5-8-12-18)22(25)30-24(28)19-13-9-6-10-14-19/h5-14,17,20-22,31H,15-16H2,1-4H3. The molecule has 3 fully saturated rings. The van der Waals surface area contributed by atoms with E-state index in [2.05, 4.69) is 27.4 Å². The number of esters is 2. The molecule has 2 aromatic carbocycles. The van der Waals surface area contributed by atoms with E-state index in [-0.39, 0.29) is 28.4 Å². The van der Waals surface area contributed by atoms with E-state index in [1.165, 1.54) is 0 Å². The second-order valence-corrected chi connectivity index (χ2v) is 11.3. The van der Waals surface area contributed by atoms with Crippen LogP contribution in [0.3, 0.4) is 0 Å². The highest BCUT2D eigenvalue weighted by molar-refractivity contribution is 7.39. The molecule has 4 nitrogen and oxygen atoms in total. The molecule has 5 heteroatoms. The van der Waals surface area contributed by atoms with Gasteiger partial charge in [-0.05, 0) is 54.8 Å². The van der Waals surface area contributed by atoms with Gasteiger partial charge in [0, 0.05) is 11.3 Å². The van der Waals surface area contributed by atoms with Crippen molar-refractivity contribution in [2.24, 2.45) is 17.3 Å². The average molecular weight is 439 g/mol.